The summed E-state index contributed by atoms with van der Waals surface area (Å²) in [5.41, 5.74) is 3.97. The fourth-order valence-corrected chi connectivity index (χ4v) is 8.55. The van der Waals surface area contributed by atoms with Gasteiger partial charge in [-0.05, 0) is 52.9 Å². The molecular weight excluding hydrogens is 518 g/mol. The number of aromatic nitrogens is 1. The quantitative estimate of drug-likeness (QED) is 0.289. The van der Waals surface area contributed by atoms with Gasteiger partial charge in [0.25, 0.3) is 5.56 Å². The number of nitrogens with zero attached hydrogens (tertiary/aromatic N) is 3. The zero-order valence-electron chi connectivity index (χ0n) is 22.6. The fraction of sp³-hybridized carbons (Fsp3) is 0.242. The Morgan fingerprint density at radius 1 is 0.775 bits per heavy atom. The Balaban J connectivity index is 1.31. The number of sulfonamides is 1. The molecule has 2 bridgehead atoms. The van der Waals surface area contributed by atoms with Crippen LogP contribution in [0.15, 0.2) is 101 Å². The zero-order chi connectivity index (χ0) is 27.6. The normalized spacial score (nSPS) is 19.1. The molecular formula is C33H31N3O3S. The van der Waals surface area contributed by atoms with Gasteiger partial charge in [-0.25, -0.2) is 8.42 Å². The maximum absolute atomic E-state index is 14.2. The summed E-state index contributed by atoms with van der Waals surface area (Å²) in [5, 5.41) is 3.95. The van der Waals surface area contributed by atoms with Crippen LogP contribution < -0.4 is 10.5 Å². The summed E-state index contributed by atoms with van der Waals surface area (Å²) in [7, 11) is 0.168. The zero-order valence-corrected chi connectivity index (χ0v) is 23.4. The molecule has 1 saturated heterocycles. The molecule has 0 unspecified atom stereocenters. The molecule has 0 radical (unpaired) electrons. The maximum atomic E-state index is 14.2. The first kappa shape index (κ1) is 25.1. The number of anilines is 1. The predicted octanol–water partition coefficient (Wildman–Crippen LogP) is 5.70. The van der Waals surface area contributed by atoms with E-state index in [9.17, 15) is 13.2 Å². The van der Waals surface area contributed by atoms with Crippen LogP contribution in [-0.2, 0) is 16.6 Å². The van der Waals surface area contributed by atoms with Crippen LogP contribution >= 0.6 is 0 Å². The van der Waals surface area contributed by atoms with Crippen LogP contribution in [0.25, 0.3) is 32.7 Å². The van der Waals surface area contributed by atoms with Crippen molar-refractivity contribution in [3.05, 3.63) is 107 Å². The Hall–Kier alpha value is -3.94. The largest absolute Gasteiger partial charge is 0.377 e. The summed E-state index contributed by atoms with van der Waals surface area (Å²) < 4.78 is 32.0. The van der Waals surface area contributed by atoms with E-state index in [1.807, 2.05) is 72.1 Å². The van der Waals surface area contributed by atoms with E-state index in [1.54, 1.807) is 16.4 Å². The summed E-state index contributed by atoms with van der Waals surface area (Å²) in [6.45, 7) is 1.29. The lowest BCUT2D eigenvalue weighted by molar-refractivity contribution is 0.187. The molecule has 2 aliphatic rings. The minimum Gasteiger partial charge on any atom is -0.377 e. The molecule has 1 aromatic heterocycles. The van der Waals surface area contributed by atoms with E-state index in [0.717, 1.165) is 50.5 Å². The lowest BCUT2D eigenvalue weighted by atomic mass is 9.81. The van der Waals surface area contributed by atoms with Gasteiger partial charge < -0.3 is 9.47 Å². The van der Waals surface area contributed by atoms with Gasteiger partial charge in [0.2, 0.25) is 10.0 Å². The standard InChI is InChI=1S/C33H31N3O3S/c1-34(2)30-11-5-10-29-28(30)9-6-12-31(29)40(38,39)35-19-22-17-26(21-35)33-27(15-16-32(37)36(33)20-22)25-14-13-23-7-3-4-8-24(23)18-25/h3-16,18,22,26H,17,19-21H2,1-2H3/t22-,26+/m0/s1. The Bertz CT molecular complexity index is 1960. The molecule has 7 rings (SSSR count). The van der Waals surface area contributed by atoms with Gasteiger partial charge in [0.15, 0.2) is 0 Å². The number of hydrogen-bond donors (Lipinski definition) is 0. The van der Waals surface area contributed by atoms with E-state index in [0.29, 0.717) is 24.5 Å². The molecule has 7 heteroatoms. The van der Waals surface area contributed by atoms with Gasteiger partial charge in [0.05, 0.1) is 4.90 Å². The molecule has 40 heavy (non-hydrogen) atoms. The monoisotopic (exact) mass is 549 g/mol. The molecule has 0 aliphatic carbocycles. The van der Waals surface area contributed by atoms with E-state index in [1.165, 1.54) is 0 Å². The minimum atomic E-state index is -3.76. The summed E-state index contributed by atoms with van der Waals surface area (Å²) in [6, 6.07) is 29.5. The fourth-order valence-electron chi connectivity index (χ4n) is 6.79. The molecule has 2 aliphatic heterocycles. The molecule has 0 amide bonds. The molecule has 5 aromatic rings. The number of fused-ring (bicyclic) bond motifs is 6. The average molecular weight is 550 g/mol. The summed E-state index contributed by atoms with van der Waals surface area (Å²) in [4.78, 5) is 15.4. The molecule has 2 atom stereocenters. The summed E-state index contributed by atoms with van der Waals surface area (Å²) in [5.74, 6) is 0.0165. The van der Waals surface area contributed by atoms with Crippen molar-refractivity contribution in [3.63, 3.8) is 0 Å². The highest BCUT2D eigenvalue weighted by Crippen LogP contribution is 2.42. The third-order valence-corrected chi connectivity index (χ3v) is 10.5. The van der Waals surface area contributed by atoms with Crippen molar-refractivity contribution in [1.29, 1.82) is 0 Å². The van der Waals surface area contributed by atoms with Crippen LogP contribution in [0.4, 0.5) is 5.69 Å². The van der Waals surface area contributed by atoms with Crippen LogP contribution in [0, 0.1) is 5.92 Å². The van der Waals surface area contributed by atoms with Gasteiger partial charge in [-0.3, -0.25) is 4.79 Å². The molecule has 1 fully saturated rings. The number of rotatable bonds is 4. The van der Waals surface area contributed by atoms with Crippen LogP contribution in [0.1, 0.15) is 18.0 Å². The van der Waals surface area contributed by atoms with Crippen LogP contribution in [-0.4, -0.2) is 44.5 Å². The van der Waals surface area contributed by atoms with Crippen LogP contribution in [0.5, 0.6) is 0 Å². The second kappa shape index (κ2) is 9.32. The Morgan fingerprint density at radius 3 is 2.38 bits per heavy atom. The summed E-state index contributed by atoms with van der Waals surface area (Å²) in [6.07, 6.45) is 0.871. The van der Waals surface area contributed by atoms with E-state index in [-0.39, 0.29) is 17.4 Å². The van der Waals surface area contributed by atoms with Crippen molar-refractivity contribution < 1.29 is 8.42 Å². The number of pyridine rings is 1. The van der Waals surface area contributed by atoms with Gasteiger partial charge in [0, 0.05) is 73.4 Å². The maximum Gasteiger partial charge on any atom is 0.250 e. The molecule has 0 N–H and O–H groups in total. The van der Waals surface area contributed by atoms with E-state index < -0.39 is 10.0 Å². The van der Waals surface area contributed by atoms with E-state index >= 15 is 0 Å². The van der Waals surface area contributed by atoms with E-state index in [2.05, 4.69) is 30.3 Å². The molecule has 0 spiro atoms. The highest BCUT2D eigenvalue weighted by atomic mass is 32.2. The van der Waals surface area contributed by atoms with Crippen molar-refractivity contribution >= 4 is 37.3 Å². The molecule has 0 saturated carbocycles. The minimum absolute atomic E-state index is 0.0178. The van der Waals surface area contributed by atoms with Crippen molar-refractivity contribution in [2.24, 2.45) is 5.92 Å². The smallest absolute Gasteiger partial charge is 0.250 e. The lowest BCUT2D eigenvalue weighted by Gasteiger charge is -2.43. The average Bonchev–Trinajstić information content (AvgIpc) is 2.96. The van der Waals surface area contributed by atoms with Crippen molar-refractivity contribution in [3.8, 4) is 11.1 Å². The topological polar surface area (TPSA) is 62.6 Å². The van der Waals surface area contributed by atoms with Gasteiger partial charge >= 0.3 is 0 Å². The third kappa shape index (κ3) is 3.95. The van der Waals surface area contributed by atoms with Crippen molar-refractivity contribution in [2.75, 3.05) is 32.1 Å². The Kier molecular flexibility index (Phi) is 5.84. The second-order valence-corrected chi connectivity index (χ2v) is 13.2. The van der Waals surface area contributed by atoms with Gasteiger partial charge in [-0.1, -0.05) is 60.7 Å². The first-order valence-corrected chi connectivity index (χ1v) is 15.2. The highest BCUT2D eigenvalue weighted by molar-refractivity contribution is 7.89. The molecule has 3 heterocycles. The lowest BCUT2D eigenvalue weighted by Crippen LogP contribution is -2.49. The SMILES string of the molecule is CN(C)c1cccc2c(S(=O)(=O)N3C[C@@H]4C[C@H](C3)c3c(-c5ccc6ccccc6c5)ccc(=O)n3C4)cccc12. The third-order valence-electron chi connectivity index (χ3n) is 8.58. The Morgan fingerprint density at radius 2 is 1.55 bits per heavy atom. The number of piperidine rings is 1. The molecule has 4 aromatic carbocycles. The predicted molar refractivity (Wildman–Crippen MR) is 162 cm³/mol. The number of benzene rings is 4. The van der Waals surface area contributed by atoms with Crippen LogP contribution in [0.2, 0.25) is 0 Å². The molecule has 202 valence electrons. The van der Waals surface area contributed by atoms with E-state index in [4.69, 9.17) is 0 Å². The van der Waals surface area contributed by atoms with Crippen LogP contribution in [0.3, 0.4) is 0 Å². The molecule has 6 nitrogen and oxygen atoms in total. The number of hydrogen-bond acceptors (Lipinski definition) is 4. The second-order valence-electron chi connectivity index (χ2n) is 11.3. The van der Waals surface area contributed by atoms with Gasteiger partial charge in [-0.15, -0.1) is 0 Å². The van der Waals surface area contributed by atoms with Crippen molar-refractivity contribution in [1.82, 2.24) is 8.87 Å². The Labute approximate surface area is 234 Å². The van der Waals surface area contributed by atoms with Gasteiger partial charge in [-0.2, -0.15) is 4.31 Å². The van der Waals surface area contributed by atoms with Crippen molar-refractivity contribution in [2.45, 2.75) is 23.8 Å². The first-order valence-electron chi connectivity index (χ1n) is 13.7. The van der Waals surface area contributed by atoms with Gasteiger partial charge in [0.1, 0.15) is 0 Å². The summed E-state index contributed by atoms with van der Waals surface area (Å²) >= 11 is 0. The first-order chi connectivity index (χ1) is 19.3. The highest BCUT2D eigenvalue weighted by Gasteiger charge is 2.41.